The van der Waals surface area contributed by atoms with Gasteiger partial charge in [0, 0.05) is 61.0 Å². The minimum absolute atomic E-state index is 0.165. The van der Waals surface area contributed by atoms with Crippen molar-refractivity contribution in [1.29, 1.82) is 0 Å². The number of amides is 1. The highest BCUT2D eigenvalue weighted by molar-refractivity contribution is 6.02. The molecule has 6 nitrogen and oxygen atoms in total. The van der Waals surface area contributed by atoms with Gasteiger partial charge in [0.1, 0.15) is 5.82 Å². The summed E-state index contributed by atoms with van der Waals surface area (Å²) in [6.07, 6.45) is 4.15. The van der Waals surface area contributed by atoms with Gasteiger partial charge in [0.15, 0.2) is 0 Å². The number of hydrogen-bond acceptors (Lipinski definition) is 4. The topological polar surface area (TPSA) is 63.1 Å². The third-order valence-corrected chi connectivity index (χ3v) is 5.00. The standard InChI is InChI=1S/C22H19F4N5O/c1-30-10-17(8-28-30)21-14(7-27-9-19(21)23)3-5-20(32)29-18-4-2-15-11-31(12-16(15)6-18)13-22(24,25)26/h2-10H,11-13H2,1H3,(H,29,32). The van der Waals surface area contributed by atoms with E-state index in [1.165, 1.54) is 29.4 Å². The van der Waals surface area contributed by atoms with Crippen LogP contribution in [-0.2, 0) is 24.9 Å². The number of aromatic nitrogens is 3. The third kappa shape index (κ3) is 5.02. The van der Waals surface area contributed by atoms with Crippen molar-refractivity contribution in [2.24, 2.45) is 7.05 Å². The number of benzene rings is 1. The Balaban J connectivity index is 1.46. The molecule has 1 N–H and O–H groups in total. The summed E-state index contributed by atoms with van der Waals surface area (Å²) in [5.74, 6) is -1.00. The van der Waals surface area contributed by atoms with Crippen LogP contribution in [0, 0.1) is 5.82 Å². The molecule has 32 heavy (non-hydrogen) atoms. The van der Waals surface area contributed by atoms with Crippen LogP contribution < -0.4 is 5.32 Å². The molecule has 1 aliphatic heterocycles. The number of halogens is 4. The van der Waals surface area contributed by atoms with Crippen molar-refractivity contribution in [3.8, 4) is 11.1 Å². The largest absolute Gasteiger partial charge is 0.401 e. The average Bonchev–Trinajstić information content (AvgIpc) is 3.30. The van der Waals surface area contributed by atoms with Crippen molar-refractivity contribution in [2.45, 2.75) is 19.3 Å². The fourth-order valence-corrected chi connectivity index (χ4v) is 3.69. The van der Waals surface area contributed by atoms with Crippen LogP contribution in [0.4, 0.5) is 23.2 Å². The number of anilines is 1. The Bertz CT molecular complexity index is 1190. The van der Waals surface area contributed by atoms with Gasteiger partial charge in [-0.1, -0.05) is 6.07 Å². The van der Waals surface area contributed by atoms with Crippen LogP contribution in [0.3, 0.4) is 0 Å². The highest BCUT2D eigenvalue weighted by Crippen LogP contribution is 2.29. The number of carbonyl (C=O) groups excluding carboxylic acids is 1. The first-order valence-corrected chi connectivity index (χ1v) is 9.70. The summed E-state index contributed by atoms with van der Waals surface area (Å²) >= 11 is 0. The Morgan fingerprint density at radius 2 is 1.97 bits per heavy atom. The lowest BCUT2D eigenvalue weighted by Crippen LogP contribution is -2.29. The van der Waals surface area contributed by atoms with Gasteiger partial charge in [-0.25, -0.2) is 4.39 Å². The van der Waals surface area contributed by atoms with E-state index in [9.17, 15) is 22.4 Å². The van der Waals surface area contributed by atoms with Crippen molar-refractivity contribution in [1.82, 2.24) is 19.7 Å². The monoisotopic (exact) mass is 445 g/mol. The Morgan fingerprint density at radius 3 is 2.69 bits per heavy atom. The second kappa shape index (κ2) is 8.54. The van der Waals surface area contributed by atoms with Gasteiger partial charge in [0.2, 0.25) is 5.91 Å². The predicted molar refractivity (Wildman–Crippen MR) is 111 cm³/mol. The SMILES string of the molecule is Cn1cc(-c2c(F)cncc2C=CC(=O)Nc2ccc3c(c2)CN(CC(F)(F)F)C3)cn1. The van der Waals surface area contributed by atoms with Crippen molar-refractivity contribution in [3.63, 3.8) is 0 Å². The lowest BCUT2D eigenvalue weighted by Gasteiger charge is -2.16. The fraction of sp³-hybridized carbons (Fsp3) is 0.227. The van der Waals surface area contributed by atoms with Crippen LogP contribution in [0.15, 0.2) is 49.1 Å². The Morgan fingerprint density at radius 1 is 1.19 bits per heavy atom. The number of hydrogen-bond donors (Lipinski definition) is 1. The van der Waals surface area contributed by atoms with Gasteiger partial charge in [-0.15, -0.1) is 0 Å². The minimum Gasteiger partial charge on any atom is -0.323 e. The van der Waals surface area contributed by atoms with Crippen molar-refractivity contribution >= 4 is 17.7 Å². The first-order chi connectivity index (χ1) is 15.2. The van der Waals surface area contributed by atoms with Crippen LogP contribution in [0.5, 0.6) is 0 Å². The zero-order valence-corrected chi connectivity index (χ0v) is 17.0. The molecule has 4 rings (SSSR count). The molecule has 0 fully saturated rings. The number of aryl methyl sites for hydroxylation is 1. The summed E-state index contributed by atoms with van der Waals surface area (Å²) in [7, 11) is 1.71. The highest BCUT2D eigenvalue weighted by atomic mass is 19.4. The number of nitrogens with zero attached hydrogens (tertiary/aromatic N) is 4. The summed E-state index contributed by atoms with van der Waals surface area (Å²) in [5, 5.41) is 6.73. The quantitative estimate of drug-likeness (QED) is 0.474. The first kappa shape index (κ1) is 21.7. The number of carbonyl (C=O) groups is 1. The molecule has 0 atom stereocenters. The molecule has 0 aliphatic carbocycles. The third-order valence-electron chi connectivity index (χ3n) is 5.00. The smallest absolute Gasteiger partial charge is 0.323 e. The molecule has 0 bridgehead atoms. The summed E-state index contributed by atoms with van der Waals surface area (Å²) < 4.78 is 53.8. The van der Waals surface area contributed by atoms with Crippen molar-refractivity contribution in [2.75, 3.05) is 11.9 Å². The molecule has 1 aromatic carbocycles. The average molecular weight is 445 g/mol. The van der Waals surface area contributed by atoms with E-state index in [4.69, 9.17) is 0 Å². The molecule has 0 saturated heterocycles. The summed E-state index contributed by atoms with van der Waals surface area (Å²) in [5.41, 5.74) is 3.25. The maximum Gasteiger partial charge on any atom is 0.401 e. The molecule has 0 unspecified atom stereocenters. The molecule has 166 valence electrons. The molecule has 10 heteroatoms. The Labute approximate surface area is 181 Å². The summed E-state index contributed by atoms with van der Waals surface area (Å²) in [6.45, 7) is -0.600. The number of nitrogens with one attached hydrogen (secondary N) is 1. The van der Waals surface area contributed by atoms with Gasteiger partial charge >= 0.3 is 6.18 Å². The maximum atomic E-state index is 14.4. The van der Waals surface area contributed by atoms with E-state index in [0.29, 0.717) is 16.8 Å². The zero-order valence-electron chi connectivity index (χ0n) is 17.0. The summed E-state index contributed by atoms with van der Waals surface area (Å²) in [4.78, 5) is 17.5. The molecule has 1 aliphatic rings. The fourth-order valence-electron chi connectivity index (χ4n) is 3.69. The van der Waals surface area contributed by atoms with Gasteiger partial charge < -0.3 is 5.32 Å². The molecule has 1 amide bonds. The van der Waals surface area contributed by atoms with Crippen LogP contribution in [0.2, 0.25) is 0 Å². The predicted octanol–water partition coefficient (Wildman–Crippen LogP) is 4.15. The van der Waals surface area contributed by atoms with E-state index in [-0.39, 0.29) is 18.7 Å². The van der Waals surface area contributed by atoms with Crippen LogP contribution in [0.25, 0.3) is 17.2 Å². The molecule has 0 radical (unpaired) electrons. The first-order valence-electron chi connectivity index (χ1n) is 9.70. The second-order valence-corrected chi connectivity index (χ2v) is 7.55. The van der Waals surface area contributed by atoms with Gasteiger partial charge in [-0.2, -0.15) is 18.3 Å². The van der Waals surface area contributed by atoms with Gasteiger partial charge in [0.25, 0.3) is 0 Å². The van der Waals surface area contributed by atoms with Gasteiger partial charge in [0.05, 0.1) is 18.9 Å². The van der Waals surface area contributed by atoms with E-state index in [2.05, 4.69) is 15.4 Å². The van der Waals surface area contributed by atoms with E-state index < -0.39 is 24.4 Å². The molecular formula is C22H19F4N5O. The maximum absolute atomic E-state index is 14.4. The van der Waals surface area contributed by atoms with E-state index in [1.54, 1.807) is 36.1 Å². The number of rotatable bonds is 5. The number of alkyl halides is 3. The van der Waals surface area contributed by atoms with Crippen molar-refractivity contribution in [3.05, 3.63) is 71.6 Å². The molecule has 0 saturated carbocycles. The van der Waals surface area contributed by atoms with E-state index in [0.717, 1.165) is 17.3 Å². The Hall–Kier alpha value is -3.53. The second-order valence-electron chi connectivity index (χ2n) is 7.55. The zero-order chi connectivity index (χ0) is 22.9. The number of fused-ring (bicyclic) bond motifs is 1. The number of pyridine rings is 1. The molecular weight excluding hydrogens is 426 g/mol. The lowest BCUT2D eigenvalue weighted by atomic mass is 10.0. The van der Waals surface area contributed by atoms with Crippen molar-refractivity contribution < 1.29 is 22.4 Å². The molecule has 3 heterocycles. The normalized spacial score (nSPS) is 14.2. The van der Waals surface area contributed by atoms with E-state index >= 15 is 0 Å². The van der Waals surface area contributed by atoms with Crippen LogP contribution in [-0.4, -0.2) is 38.3 Å². The van der Waals surface area contributed by atoms with Gasteiger partial charge in [-0.05, 0) is 29.3 Å². The van der Waals surface area contributed by atoms with Crippen LogP contribution >= 0.6 is 0 Å². The highest BCUT2D eigenvalue weighted by Gasteiger charge is 2.33. The molecule has 3 aromatic rings. The summed E-state index contributed by atoms with van der Waals surface area (Å²) in [6, 6.07) is 5.02. The van der Waals surface area contributed by atoms with Crippen LogP contribution in [0.1, 0.15) is 16.7 Å². The molecule has 0 spiro atoms. The Kier molecular flexibility index (Phi) is 5.79. The lowest BCUT2D eigenvalue weighted by molar-refractivity contribution is -0.147. The van der Waals surface area contributed by atoms with Gasteiger partial charge in [-0.3, -0.25) is 19.4 Å². The van der Waals surface area contributed by atoms with E-state index in [1.807, 2.05) is 0 Å². The molecule has 2 aromatic heterocycles. The minimum atomic E-state index is -4.26.